The molecule has 0 radical (unpaired) electrons. The standard InChI is InChI=1S/C13H10ClN5O/c14-11-3-4-12(19-18-11)17-13(20)9-6-16-10-2-1-7(15)5-8(9)10/h1-6,16H,15H2,(H,17,19,20). The first-order chi connectivity index (χ1) is 9.63. The van der Waals surface area contributed by atoms with E-state index in [2.05, 4.69) is 20.5 Å². The number of aromatic nitrogens is 3. The predicted octanol–water partition coefficient (Wildman–Crippen LogP) is 2.45. The van der Waals surface area contributed by atoms with Crippen LogP contribution in [-0.2, 0) is 0 Å². The highest BCUT2D eigenvalue weighted by Crippen LogP contribution is 2.21. The summed E-state index contributed by atoms with van der Waals surface area (Å²) in [6.45, 7) is 0. The zero-order valence-electron chi connectivity index (χ0n) is 10.2. The average Bonchev–Trinajstić information content (AvgIpc) is 2.84. The van der Waals surface area contributed by atoms with Crippen LogP contribution in [0.1, 0.15) is 10.4 Å². The molecule has 100 valence electrons. The van der Waals surface area contributed by atoms with E-state index in [0.717, 1.165) is 10.9 Å². The van der Waals surface area contributed by atoms with Gasteiger partial charge in [-0.3, -0.25) is 4.79 Å². The summed E-state index contributed by atoms with van der Waals surface area (Å²) in [5.41, 5.74) is 7.66. The van der Waals surface area contributed by atoms with Gasteiger partial charge in [0.25, 0.3) is 5.91 Å². The Morgan fingerprint density at radius 3 is 2.85 bits per heavy atom. The number of carbonyl (C=O) groups is 1. The van der Waals surface area contributed by atoms with Gasteiger partial charge in [0, 0.05) is 22.8 Å². The number of nitrogens with zero attached hydrogens (tertiary/aromatic N) is 2. The number of nitrogen functional groups attached to an aromatic ring is 1. The van der Waals surface area contributed by atoms with E-state index in [1.807, 2.05) is 6.07 Å². The van der Waals surface area contributed by atoms with E-state index in [9.17, 15) is 4.79 Å². The van der Waals surface area contributed by atoms with Crippen molar-refractivity contribution in [3.05, 3.63) is 47.2 Å². The van der Waals surface area contributed by atoms with Crippen molar-refractivity contribution in [1.29, 1.82) is 0 Å². The molecule has 0 aliphatic carbocycles. The van der Waals surface area contributed by atoms with E-state index in [0.29, 0.717) is 17.1 Å². The van der Waals surface area contributed by atoms with Gasteiger partial charge < -0.3 is 16.0 Å². The number of rotatable bonds is 2. The number of halogens is 1. The summed E-state index contributed by atoms with van der Waals surface area (Å²) in [6, 6.07) is 8.47. The second-order valence-electron chi connectivity index (χ2n) is 4.20. The van der Waals surface area contributed by atoms with E-state index < -0.39 is 0 Å². The summed E-state index contributed by atoms with van der Waals surface area (Å²) in [5.74, 6) is 0.0381. The summed E-state index contributed by atoms with van der Waals surface area (Å²) in [7, 11) is 0. The van der Waals surface area contributed by atoms with Gasteiger partial charge in [0.05, 0.1) is 5.56 Å². The van der Waals surface area contributed by atoms with Crippen LogP contribution in [-0.4, -0.2) is 21.1 Å². The van der Waals surface area contributed by atoms with Crippen molar-refractivity contribution >= 4 is 39.9 Å². The third-order valence-electron chi connectivity index (χ3n) is 2.82. The number of H-pyrrole nitrogens is 1. The molecule has 1 amide bonds. The van der Waals surface area contributed by atoms with Gasteiger partial charge in [-0.1, -0.05) is 11.6 Å². The Hall–Kier alpha value is -2.60. The Morgan fingerprint density at radius 1 is 1.25 bits per heavy atom. The van der Waals surface area contributed by atoms with E-state index in [1.54, 1.807) is 30.5 Å². The van der Waals surface area contributed by atoms with Crippen molar-refractivity contribution < 1.29 is 4.79 Å². The number of anilines is 2. The number of benzene rings is 1. The third kappa shape index (κ3) is 2.28. The smallest absolute Gasteiger partial charge is 0.259 e. The number of carbonyl (C=O) groups excluding carboxylic acids is 1. The lowest BCUT2D eigenvalue weighted by atomic mass is 10.1. The number of hydrogen-bond donors (Lipinski definition) is 3. The molecule has 4 N–H and O–H groups in total. The molecule has 0 aliphatic heterocycles. The first kappa shape index (κ1) is 12.4. The van der Waals surface area contributed by atoms with E-state index in [-0.39, 0.29) is 11.1 Å². The molecule has 20 heavy (non-hydrogen) atoms. The number of nitrogens with one attached hydrogen (secondary N) is 2. The molecular weight excluding hydrogens is 278 g/mol. The molecule has 0 atom stereocenters. The normalized spacial score (nSPS) is 10.7. The van der Waals surface area contributed by atoms with Gasteiger partial charge >= 0.3 is 0 Å². The summed E-state index contributed by atoms with van der Waals surface area (Å²) >= 11 is 5.64. The number of hydrogen-bond acceptors (Lipinski definition) is 4. The maximum atomic E-state index is 12.2. The van der Waals surface area contributed by atoms with Crippen LogP contribution < -0.4 is 11.1 Å². The van der Waals surface area contributed by atoms with Crippen molar-refractivity contribution in [3.63, 3.8) is 0 Å². The monoisotopic (exact) mass is 287 g/mol. The fourth-order valence-electron chi connectivity index (χ4n) is 1.89. The first-order valence-corrected chi connectivity index (χ1v) is 6.18. The summed E-state index contributed by atoms with van der Waals surface area (Å²) in [6.07, 6.45) is 1.63. The van der Waals surface area contributed by atoms with Gasteiger partial charge in [-0.15, -0.1) is 10.2 Å². The molecule has 7 heteroatoms. The number of aromatic amines is 1. The Morgan fingerprint density at radius 2 is 2.10 bits per heavy atom. The Kier molecular flexibility index (Phi) is 3.00. The minimum atomic E-state index is -0.293. The van der Waals surface area contributed by atoms with Crippen molar-refractivity contribution in [2.75, 3.05) is 11.1 Å². The van der Waals surface area contributed by atoms with Crippen LogP contribution in [0.25, 0.3) is 10.9 Å². The van der Waals surface area contributed by atoms with Gasteiger partial charge in [0.2, 0.25) is 0 Å². The van der Waals surface area contributed by atoms with Crippen LogP contribution in [0, 0.1) is 0 Å². The molecule has 3 rings (SSSR count). The molecule has 0 spiro atoms. The number of amides is 1. The number of fused-ring (bicyclic) bond motifs is 1. The first-order valence-electron chi connectivity index (χ1n) is 5.81. The van der Waals surface area contributed by atoms with Crippen LogP contribution in [0.4, 0.5) is 11.5 Å². The molecule has 0 fully saturated rings. The Bertz CT molecular complexity index is 781. The lowest BCUT2D eigenvalue weighted by molar-refractivity contribution is 0.102. The summed E-state index contributed by atoms with van der Waals surface area (Å²) < 4.78 is 0. The molecule has 1 aromatic carbocycles. The third-order valence-corrected chi connectivity index (χ3v) is 3.03. The fourth-order valence-corrected chi connectivity index (χ4v) is 1.99. The van der Waals surface area contributed by atoms with Crippen LogP contribution in [0.15, 0.2) is 36.5 Å². The highest BCUT2D eigenvalue weighted by Gasteiger charge is 2.13. The van der Waals surface area contributed by atoms with Gasteiger partial charge in [-0.25, -0.2) is 0 Å². The van der Waals surface area contributed by atoms with Gasteiger partial charge in [0.15, 0.2) is 11.0 Å². The topological polar surface area (TPSA) is 96.7 Å². The zero-order chi connectivity index (χ0) is 14.1. The van der Waals surface area contributed by atoms with Crippen LogP contribution >= 0.6 is 11.6 Å². The minimum absolute atomic E-state index is 0.267. The zero-order valence-corrected chi connectivity index (χ0v) is 11.0. The van der Waals surface area contributed by atoms with E-state index >= 15 is 0 Å². The van der Waals surface area contributed by atoms with Crippen LogP contribution in [0.2, 0.25) is 5.15 Å². The van der Waals surface area contributed by atoms with Gasteiger partial charge in [-0.05, 0) is 30.3 Å². The summed E-state index contributed by atoms with van der Waals surface area (Å²) in [4.78, 5) is 15.2. The highest BCUT2D eigenvalue weighted by molar-refractivity contribution is 6.29. The molecule has 0 unspecified atom stereocenters. The fraction of sp³-hybridized carbons (Fsp3) is 0. The van der Waals surface area contributed by atoms with Crippen LogP contribution in [0.5, 0.6) is 0 Å². The van der Waals surface area contributed by atoms with Gasteiger partial charge in [0.1, 0.15) is 0 Å². The maximum absolute atomic E-state index is 12.2. The number of nitrogens with two attached hydrogens (primary N) is 1. The predicted molar refractivity (Wildman–Crippen MR) is 77.7 cm³/mol. The molecule has 6 nitrogen and oxygen atoms in total. The molecule has 2 heterocycles. The largest absolute Gasteiger partial charge is 0.399 e. The molecule has 2 aromatic heterocycles. The molecule has 0 aliphatic rings. The highest BCUT2D eigenvalue weighted by atomic mass is 35.5. The molecule has 0 saturated heterocycles. The van der Waals surface area contributed by atoms with Gasteiger partial charge in [-0.2, -0.15) is 0 Å². The molecule has 0 saturated carbocycles. The minimum Gasteiger partial charge on any atom is -0.399 e. The lowest BCUT2D eigenvalue weighted by Crippen LogP contribution is -2.12. The second kappa shape index (κ2) is 4.82. The van der Waals surface area contributed by atoms with Crippen molar-refractivity contribution in [2.45, 2.75) is 0 Å². The molecule has 3 aromatic rings. The molecule has 0 bridgehead atoms. The van der Waals surface area contributed by atoms with Crippen LogP contribution in [0.3, 0.4) is 0 Å². The van der Waals surface area contributed by atoms with Crippen molar-refractivity contribution in [3.8, 4) is 0 Å². The van der Waals surface area contributed by atoms with Crippen molar-refractivity contribution in [2.24, 2.45) is 0 Å². The summed E-state index contributed by atoms with van der Waals surface area (Å²) in [5, 5.41) is 11.1. The lowest BCUT2D eigenvalue weighted by Gasteiger charge is -2.03. The maximum Gasteiger partial charge on any atom is 0.259 e. The average molecular weight is 288 g/mol. The van der Waals surface area contributed by atoms with Crippen molar-refractivity contribution in [1.82, 2.24) is 15.2 Å². The quantitative estimate of drug-likeness (QED) is 0.631. The van der Waals surface area contributed by atoms with E-state index in [4.69, 9.17) is 17.3 Å². The molecular formula is C13H10ClN5O. The Labute approximate surface area is 119 Å². The SMILES string of the molecule is Nc1ccc2[nH]cc(C(=O)Nc3ccc(Cl)nn3)c2c1. The second-order valence-corrected chi connectivity index (χ2v) is 4.59. The Balaban J connectivity index is 1.92. The van der Waals surface area contributed by atoms with E-state index in [1.165, 1.54) is 0 Å².